The van der Waals surface area contributed by atoms with Crippen LogP contribution in [0.3, 0.4) is 0 Å². The number of carboxylic acids is 2. The quantitative estimate of drug-likeness (QED) is 0.449. The van der Waals surface area contributed by atoms with E-state index in [4.69, 9.17) is 10.2 Å². The van der Waals surface area contributed by atoms with Gasteiger partial charge < -0.3 is 20.4 Å². The van der Waals surface area contributed by atoms with Crippen molar-refractivity contribution in [3.63, 3.8) is 0 Å². The van der Waals surface area contributed by atoms with Crippen molar-refractivity contribution in [2.45, 2.75) is 0 Å². The first-order valence-electron chi connectivity index (χ1n) is 7.97. The van der Waals surface area contributed by atoms with Crippen molar-refractivity contribution in [1.29, 1.82) is 0 Å². The van der Waals surface area contributed by atoms with Gasteiger partial charge in [0, 0.05) is 0 Å². The molecular weight excluding hydrogens is 430 g/mol. The van der Waals surface area contributed by atoms with Gasteiger partial charge in [-0.15, -0.1) is 0 Å². The summed E-state index contributed by atoms with van der Waals surface area (Å²) in [6.45, 7) is 0. The third kappa shape index (κ3) is 4.83. The summed E-state index contributed by atoms with van der Waals surface area (Å²) < 4.78 is 0. The molecule has 0 unspecified atom stereocenters. The monoisotopic (exact) mass is 440 g/mol. The van der Waals surface area contributed by atoms with E-state index in [0.29, 0.717) is 10.8 Å². The number of nitrogens with zero attached hydrogens (tertiary/aromatic N) is 2. The fraction of sp³-hybridized carbons (Fsp3) is 0. The molecule has 0 saturated heterocycles. The maximum absolute atomic E-state index is 11.3. The first-order valence-corrected chi connectivity index (χ1v) is 7.97. The Morgan fingerprint density at radius 1 is 0.655 bits per heavy atom. The Morgan fingerprint density at radius 2 is 1.03 bits per heavy atom. The predicted octanol–water partition coefficient (Wildman–Crippen LogP) is 2.01. The Kier molecular flexibility index (Phi) is 6.80. The van der Waals surface area contributed by atoms with E-state index >= 15 is 0 Å². The van der Waals surface area contributed by atoms with Gasteiger partial charge in [0.1, 0.15) is 11.4 Å². The molecule has 0 radical (unpaired) electrons. The Balaban J connectivity index is 0.000000200. The molecule has 0 aliphatic carbocycles. The van der Waals surface area contributed by atoms with Gasteiger partial charge in [0.2, 0.25) is 0 Å². The number of aromatic carboxylic acids is 2. The molecule has 2 aromatic carbocycles. The molecule has 0 bridgehead atoms. The van der Waals surface area contributed by atoms with Crippen LogP contribution in [-0.2, 0) is 19.5 Å². The number of rotatable bonds is 2. The summed E-state index contributed by atoms with van der Waals surface area (Å²) in [5, 5.41) is 41.2. The Hall–Kier alpha value is -3.58. The van der Waals surface area contributed by atoms with E-state index in [-0.39, 0.29) is 53.4 Å². The predicted molar refractivity (Wildman–Crippen MR) is 96.3 cm³/mol. The zero-order chi connectivity index (χ0) is 20.3. The number of aromatic nitrogens is 2. The van der Waals surface area contributed by atoms with Crippen LogP contribution in [0.2, 0.25) is 0 Å². The van der Waals surface area contributed by atoms with E-state index in [1.54, 1.807) is 36.4 Å². The fourth-order valence-corrected chi connectivity index (χ4v) is 2.48. The van der Waals surface area contributed by atoms with Crippen LogP contribution in [0.4, 0.5) is 0 Å². The van der Waals surface area contributed by atoms with Gasteiger partial charge in [-0.2, -0.15) is 0 Å². The van der Waals surface area contributed by atoms with E-state index in [1.165, 1.54) is 24.3 Å². The standard InChI is InChI=1S/2C10H7NO3.Zn/c2*12-8-3-1-2-6-4-5-7(10(13)14)11-9(6)8;/h2*1-5,12H,(H,13,14);/q;;+2/p-2. The van der Waals surface area contributed by atoms with Crippen LogP contribution in [0.5, 0.6) is 11.5 Å². The van der Waals surface area contributed by atoms with Gasteiger partial charge in [0.25, 0.3) is 0 Å². The first kappa shape index (κ1) is 21.7. The van der Waals surface area contributed by atoms with Crippen molar-refractivity contribution in [2.24, 2.45) is 0 Å². The van der Waals surface area contributed by atoms with Crippen LogP contribution in [0.1, 0.15) is 21.0 Å². The van der Waals surface area contributed by atoms with E-state index in [2.05, 4.69) is 9.97 Å². The average Bonchev–Trinajstić information content (AvgIpc) is 2.68. The average molecular weight is 442 g/mol. The number of pyridine rings is 2. The molecule has 0 atom stereocenters. The van der Waals surface area contributed by atoms with Gasteiger partial charge in [0.15, 0.2) is 0 Å². The van der Waals surface area contributed by atoms with Gasteiger partial charge in [-0.1, -0.05) is 60.0 Å². The second-order valence-electron chi connectivity index (χ2n) is 5.66. The Bertz CT molecular complexity index is 1120. The summed E-state index contributed by atoms with van der Waals surface area (Å²) in [7, 11) is 0. The van der Waals surface area contributed by atoms with Gasteiger partial charge >= 0.3 is 31.4 Å². The third-order valence-corrected chi connectivity index (χ3v) is 3.80. The van der Waals surface area contributed by atoms with Crippen molar-refractivity contribution < 1.29 is 49.5 Å². The Morgan fingerprint density at radius 3 is 1.38 bits per heavy atom. The number of benzene rings is 2. The van der Waals surface area contributed by atoms with Gasteiger partial charge in [-0.25, -0.2) is 19.6 Å². The van der Waals surface area contributed by atoms with Crippen molar-refractivity contribution in [3.8, 4) is 11.5 Å². The molecule has 0 saturated carbocycles. The van der Waals surface area contributed by atoms with Crippen molar-refractivity contribution in [3.05, 3.63) is 72.1 Å². The summed E-state index contributed by atoms with van der Waals surface area (Å²) in [6, 6.07) is 15.3. The summed E-state index contributed by atoms with van der Waals surface area (Å²) in [5.74, 6) is -2.78. The summed E-state index contributed by atoms with van der Waals surface area (Å²) in [4.78, 5) is 28.7. The molecular formula is C20H12N2O6Zn. The second-order valence-corrected chi connectivity index (χ2v) is 5.66. The van der Waals surface area contributed by atoms with Gasteiger partial charge in [-0.3, -0.25) is 0 Å². The van der Waals surface area contributed by atoms with E-state index < -0.39 is 11.9 Å². The van der Waals surface area contributed by atoms with Crippen LogP contribution in [0, 0.1) is 0 Å². The topological polar surface area (TPSA) is 146 Å². The molecule has 0 fully saturated rings. The van der Waals surface area contributed by atoms with Crippen LogP contribution in [0.25, 0.3) is 21.8 Å². The molecule has 4 rings (SSSR count). The molecule has 4 aromatic rings. The molecule has 0 aliphatic heterocycles. The molecule has 0 aliphatic rings. The molecule has 8 nitrogen and oxygen atoms in total. The smallest absolute Gasteiger partial charge is 0.871 e. The van der Waals surface area contributed by atoms with Gasteiger partial charge in [-0.05, 0) is 22.9 Å². The van der Waals surface area contributed by atoms with Crippen LogP contribution >= 0.6 is 0 Å². The normalized spacial score (nSPS) is 9.93. The SMILES string of the molecule is O=C(O)c1ccc2cccc([O-])c2n1.O=C(O)c1ccc2cccc([O-])c2n1.[Zn+2]. The van der Waals surface area contributed by atoms with E-state index in [1.807, 2.05) is 0 Å². The third-order valence-electron chi connectivity index (χ3n) is 3.80. The minimum Gasteiger partial charge on any atom is -0.871 e. The van der Waals surface area contributed by atoms with E-state index in [0.717, 1.165) is 0 Å². The number of carboxylic acid groups (broad SMARTS) is 2. The van der Waals surface area contributed by atoms with Crippen LogP contribution in [-0.4, -0.2) is 32.1 Å². The molecule has 2 N–H and O–H groups in total. The zero-order valence-electron chi connectivity index (χ0n) is 14.9. The van der Waals surface area contributed by atoms with Crippen LogP contribution < -0.4 is 10.2 Å². The minimum atomic E-state index is -1.13. The molecule has 0 spiro atoms. The molecule has 140 valence electrons. The summed E-state index contributed by atoms with van der Waals surface area (Å²) >= 11 is 0. The minimum absolute atomic E-state index is 0. The zero-order valence-corrected chi connectivity index (χ0v) is 17.9. The second kappa shape index (κ2) is 9.08. The number of fused-ring (bicyclic) bond motifs is 2. The molecule has 29 heavy (non-hydrogen) atoms. The van der Waals surface area contributed by atoms with Crippen molar-refractivity contribution in [2.75, 3.05) is 0 Å². The molecule has 9 heteroatoms. The molecule has 2 aromatic heterocycles. The Labute approximate surface area is 176 Å². The maximum atomic E-state index is 11.3. The number of para-hydroxylation sites is 2. The van der Waals surface area contributed by atoms with Gasteiger partial charge in [0.05, 0.1) is 11.0 Å². The number of carbonyl (C=O) groups is 2. The van der Waals surface area contributed by atoms with E-state index in [9.17, 15) is 19.8 Å². The van der Waals surface area contributed by atoms with Crippen molar-refractivity contribution >= 4 is 33.7 Å². The summed E-state index contributed by atoms with van der Waals surface area (Å²) in [6.07, 6.45) is 0. The maximum Gasteiger partial charge on any atom is 2.00 e. The number of hydrogen-bond acceptors (Lipinski definition) is 6. The van der Waals surface area contributed by atoms with Crippen LogP contribution in [0.15, 0.2) is 60.7 Å². The fourth-order valence-electron chi connectivity index (χ4n) is 2.48. The summed E-state index contributed by atoms with van der Waals surface area (Å²) in [5.41, 5.74) is 0.182. The molecule has 2 heterocycles. The molecule has 0 amide bonds. The number of hydrogen-bond donors (Lipinski definition) is 2. The largest absolute Gasteiger partial charge is 2.00 e. The first-order chi connectivity index (χ1) is 13.4. The van der Waals surface area contributed by atoms with Crippen molar-refractivity contribution in [1.82, 2.24) is 9.97 Å².